The molecular weight excluding hydrogens is 216 g/mol. The first-order valence-electron chi connectivity index (χ1n) is 5.89. The van der Waals surface area contributed by atoms with Gasteiger partial charge >= 0.3 is 0 Å². The predicted molar refractivity (Wildman–Crippen MR) is 78.0 cm³/mol. The molecule has 0 unspecified atom stereocenters. The monoisotopic (exact) mass is 230 g/mol. The predicted octanol–water partition coefficient (Wildman–Crippen LogP) is 4.72. The third-order valence-corrected chi connectivity index (χ3v) is 2.37. The molecule has 2 rings (SSSR count). The van der Waals surface area contributed by atoms with E-state index in [1.165, 1.54) is 0 Å². The number of rotatable bonds is 3. The molecule has 0 heterocycles. The van der Waals surface area contributed by atoms with Crippen LogP contribution < -0.4 is 0 Å². The maximum absolute atomic E-state index is 3.10. The molecule has 0 aliphatic heterocycles. The van der Waals surface area contributed by atoms with Gasteiger partial charge in [-0.15, -0.1) is 11.5 Å². The van der Waals surface area contributed by atoms with Crippen LogP contribution in [0.3, 0.4) is 0 Å². The molecule has 0 atom stereocenters. The number of hydrogen-bond acceptors (Lipinski definition) is 0. The highest BCUT2D eigenvalue weighted by atomic mass is 13.8. The van der Waals surface area contributed by atoms with Crippen molar-refractivity contribution in [1.29, 1.82) is 0 Å². The molecular formula is C18H14. The molecule has 0 N–H and O–H groups in total. The first-order valence-corrected chi connectivity index (χ1v) is 5.89. The van der Waals surface area contributed by atoms with Gasteiger partial charge in [-0.05, 0) is 35.4 Å². The summed E-state index contributed by atoms with van der Waals surface area (Å²) in [4.78, 5) is 0. The minimum absolute atomic E-state index is 1.15. The van der Waals surface area contributed by atoms with Gasteiger partial charge in [0.1, 0.15) is 0 Å². The van der Waals surface area contributed by atoms with Crippen molar-refractivity contribution in [2.75, 3.05) is 0 Å². The Kier molecular flexibility index (Phi) is 4.60. The van der Waals surface area contributed by atoms with Gasteiger partial charge in [-0.25, -0.2) is 0 Å². The lowest BCUT2D eigenvalue weighted by molar-refractivity contribution is 1.66. The Bertz CT molecular complexity index is 534. The van der Waals surface area contributed by atoms with Crippen molar-refractivity contribution in [3.8, 4) is 0 Å². The van der Waals surface area contributed by atoms with Crippen LogP contribution in [0.2, 0.25) is 0 Å². The van der Waals surface area contributed by atoms with Gasteiger partial charge in [-0.3, -0.25) is 0 Å². The molecule has 0 bridgehead atoms. The number of allylic oxidation sites excluding steroid dienone is 2. The highest BCUT2D eigenvalue weighted by Crippen LogP contribution is 2.00. The van der Waals surface area contributed by atoms with E-state index >= 15 is 0 Å². The number of benzene rings is 2. The highest BCUT2D eigenvalue weighted by molar-refractivity contribution is 5.50. The van der Waals surface area contributed by atoms with Gasteiger partial charge in [0.15, 0.2) is 0 Å². The SMILES string of the molecule is C(=CC=C=Cc1ccccc1)=Cc1ccccc1. The average Bonchev–Trinajstić information content (AvgIpc) is 2.45. The molecule has 18 heavy (non-hydrogen) atoms. The largest absolute Gasteiger partial charge is 0.120 e. The van der Waals surface area contributed by atoms with Gasteiger partial charge in [-0.1, -0.05) is 60.7 Å². The lowest BCUT2D eigenvalue weighted by Crippen LogP contribution is -1.65. The molecule has 0 aliphatic carbocycles. The third kappa shape index (κ3) is 4.15. The molecule has 0 saturated heterocycles. The molecule has 2 aromatic rings. The molecule has 0 saturated carbocycles. The maximum Gasteiger partial charge on any atom is -0.0122 e. The van der Waals surface area contributed by atoms with E-state index in [-0.39, 0.29) is 0 Å². The Morgan fingerprint density at radius 3 is 1.33 bits per heavy atom. The van der Waals surface area contributed by atoms with E-state index in [0.717, 1.165) is 11.1 Å². The second-order valence-corrected chi connectivity index (χ2v) is 3.78. The second-order valence-electron chi connectivity index (χ2n) is 3.78. The summed E-state index contributed by atoms with van der Waals surface area (Å²) in [5, 5.41) is 0. The van der Waals surface area contributed by atoms with Crippen LogP contribution in [-0.4, -0.2) is 0 Å². The normalized spacial score (nSPS) is 8.67. The standard InChI is InChI=1S/C18H14/c1(5-11-17-13-7-3-8-14-17)2-6-12-18-15-9-4-10-16-18/h1-4,7-16H. The van der Waals surface area contributed by atoms with Crippen LogP contribution in [0.5, 0.6) is 0 Å². The molecule has 2 aromatic carbocycles. The average molecular weight is 230 g/mol. The highest BCUT2D eigenvalue weighted by Gasteiger charge is 1.79. The first-order chi connectivity index (χ1) is 8.95. The van der Waals surface area contributed by atoms with Crippen LogP contribution in [0.25, 0.3) is 12.2 Å². The number of hydrogen-bond donors (Lipinski definition) is 0. The first kappa shape index (κ1) is 12.0. The fourth-order valence-electron chi connectivity index (χ4n) is 1.48. The minimum Gasteiger partial charge on any atom is -0.120 e. The van der Waals surface area contributed by atoms with Crippen LogP contribution in [0.1, 0.15) is 11.1 Å². The van der Waals surface area contributed by atoms with E-state index in [9.17, 15) is 0 Å². The Morgan fingerprint density at radius 1 is 0.556 bits per heavy atom. The molecule has 0 nitrogen and oxygen atoms in total. The summed E-state index contributed by atoms with van der Waals surface area (Å²) >= 11 is 0. The topological polar surface area (TPSA) is 0 Å². The fraction of sp³-hybridized carbons (Fsp3) is 0. The lowest BCUT2D eigenvalue weighted by atomic mass is 10.2. The zero-order valence-corrected chi connectivity index (χ0v) is 10.1. The summed E-state index contributed by atoms with van der Waals surface area (Å²) in [6.45, 7) is 0. The van der Waals surface area contributed by atoms with Crippen LogP contribution in [0.4, 0.5) is 0 Å². The van der Waals surface area contributed by atoms with Crippen molar-refractivity contribution in [3.05, 3.63) is 95.4 Å². The van der Waals surface area contributed by atoms with E-state index in [2.05, 4.69) is 11.5 Å². The van der Waals surface area contributed by atoms with Gasteiger partial charge in [0.05, 0.1) is 0 Å². The zero-order chi connectivity index (χ0) is 12.5. The van der Waals surface area contributed by atoms with Crippen molar-refractivity contribution in [2.24, 2.45) is 0 Å². The van der Waals surface area contributed by atoms with E-state index in [1.54, 1.807) is 0 Å². The Balaban J connectivity index is 1.99. The molecule has 86 valence electrons. The molecule has 0 aliphatic rings. The van der Waals surface area contributed by atoms with Crippen molar-refractivity contribution < 1.29 is 0 Å². The molecule has 0 heteroatoms. The maximum atomic E-state index is 3.10. The quantitative estimate of drug-likeness (QED) is 0.528. The Morgan fingerprint density at radius 2 is 0.944 bits per heavy atom. The molecule has 0 spiro atoms. The Hall–Kier alpha value is -2.52. The summed E-state index contributed by atoms with van der Waals surface area (Å²) in [7, 11) is 0. The van der Waals surface area contributed by atoms with Crippen molar-refractivity contribution >= 4 is 12.2 Å². The molecule has 0 radical (unpaired) electrons. The second kappa shape index (κ2) is 6.93. The van der Waals surface area contributed by atoms with Gasteiger partial charge in [0.25, 0.3) is 0 Å². The summed E-state index contributed by atoms with van der Waals surface area (Å²) in [6.07, 6.45) is 7.60. The lowest BCUT2D eigenvalue weighted by Gasteiger charge is -1.86. The summed E-state index contributed by atoms with van der Waals surface area (Å²) < 4.78 is 0. The van der Waals surface area contributed by atoms with Gasteiger partial charge in [0, 0.05) is 0 Å². The van der Waals surface area contributed by atoms with Crippen LogP contribution in [0, 0.1) is 0 Å². The zero-order valence-electron chi connectivity index (χ0n) is 10.1. The van der Waals surface area contributed by atoms with E-state index < -0.39 is 0 Å². The van der Waals surface area contributed by atoms with Crippen molar-refractivity contribution in [2.45, 2.75) is 0 Å². The van der Waals surface area contributed by atoms with Crippen LogP contribution in [0.15, 0.2) is 84.3 Å². The molecule has 0 amide bonds. The smallest absolute Gasteiger partial charge is 0.0122 e. The van der Waals surface area contributed by atoms with E-state index in [0.29, 0.717) is 0 Å². The van der Waals surface area contributed by atoms with E-state index in [1.807, 2.05) is 85.0 Å². The van der Waals surface area contributed by atoms with E-state index in [4.69, 9.17) is 0 Å². The van der Waals surface area contributed by atoms with Crippen molar-refractivity contribution in [3.63, 3.8) is 0 Å². The van der Waals surface area contributed by atoms with Crippen molar-refractivity contribution in [1.82, 2.24) is 0 Å². The summed E-state index contributed by atoms with van der Waals surface area (Å²) in [6, 6.07) is 20.2. The van der Waals surface area contributed by atoms with Crippen LogP contribution in [-0.2, 0) is 0 Å². The van der Waals surface area contributed by atoms with Gasteiger partial charge in [-0.2, -0.15) is 0 Å². The summed E-state index contributed by atoms with van der Waals surface area (Å²) in [5.74, 6) is 0. The Labute approximate surface area is 108 Å². The van der Waals surface area contributed by atoms with Gasteiger partial charge < -0.3 is 0 Å². The molecule has 0 fully saturated rings. The third-order valence-electron chi connectivity index (χ3n) is 2.37. The van der Waals surface area contributed by atoms with Crippen LogP contribution >= 0.6 is 0 Å². The fourth-order valence-corrected chi connectivity index (χ4v) is 1.48. The minimum atomic E-state index is 1.15. The van der Waals surface area contributed by atoms with Gasteiger partial charge in [0.2, 0.25) is 0 Å². The summed E-state index contributed by atoms with van der Waals surface area (Å²) in [5.41, 5.74) is 8.49. The molecule has 0 aromatic heterocycles.